The van der Waals surface area contributed by atoms with Crippen LogP contribution in [0, 0.1) is 20.8 Å². The van der Waals surface area contributed by atoms with Crippen LogP contribution in [-0.2, 0) is 10.2 Å². The third-order valence-corrected chi connectivity index (χ3v) is 4.35. The standard InChI is InChI=1S/C15H21BrO2/c1-8-9(2)13(16)10(3)14(18-11(4)17)12(8)15(5,6)7/h1-7H3. The van der Waals surface area contributed by atoms with Crippen molar-refractivity contribution in [3.63, 3.8) is 0 Å². The van der Waals surface area contributed by atoms with Crippen LogP contribution < -0.4 is 4.74 Å². The molecule has 0 aliphatic carbocycles. The minimum atomic E-state index is -0.279. The molecule has 0 heterocycles. The van der Waals surface area contributed by atoms with Crippen molar-refractivity contribution >= 4 is 21.9 Å². The van der Waals surface area contributed by atoms with Crippen LogP contribution in [0.15, 0.2) is 4.47 Å². The van der Waals surface area contributed by atoms with Gasteiger partial charge in [0.05, 0.1) is 0 Å². The van der Waals surface area contributed by atoms with E-state index in [0.29, 0.717) is 5.75 Å². The molecule has 3 heteroatoms. The molecule has 18 heavy (non-hydrogen) atoms. The Labute approximate surface area is 118 Å². The van der Waals surface area contributed by atoms with Crippen molar-refractivity contribution < 1.29 is 9.53 Å². The maximum Gasteiger partial charge on any atom is 0.308 e. The second-order valence-corrected chi connectivity index (χ2v) is 6.53. The van der Waals surface area contributed by atoms with Gasteiger partial charge in [0.1, 0.15) is 5.75 Å². The predicted octanol–water partition coefficient (Wildman–Crippen LogP) is 4.60. The average molecular weight is 313 g/mol. The molecule has 0 atom stereocenters. The maximum absolute atomic E-state index is 11.3. The lowest BCUT2D eigenvalue weighted by atomic mass is 9.81. The molecule has 0 unspecified atom stereocenters. The van der Waals surface area contributed by atoms with Crippen LogP contribution in [0.2, 0.25) is 0 Å². The SMILES string of the molecule is CC(=O)Oc1c(C)c(Br)c(C)c(C)c1C(C)(C)C. The molecular formula is C15H21BrO2. The highest BCUT2D eigenvalue weighted by molar-refractivity contribution is 9.10. The number of benzene rings is 1. The summed E-state index contributed by atoms with van der Waals surface area (Å²) in [6.45, 7) is 14.0. The normalized spacial score (nSPS) is 11.6. The number of esters is 1. The molecule has 1 rings (SSSR count). The summed E-state index contributed by atoms with van der Waals surface area (Å²) in [5, 5.41) is 0. The number of halogens is 1. The van der Waals surface area contributed by atoms with Crippen molar-refractivity contribution in [3.8, 4) is 5.75 Å². The Morgan fingerprint density at radius 1 is 1.06 bits per heavy atom. The topological polar surface area (TPSA) is 26.3 Å². The fourth-order valence-corrected chi connectivity index (χ4v) is 2.74. The Balaban J connectivity index is 3.70. The van der Waals surface area contributed by atoms with E-state index in [-0.39, 0.29) is 11.4 Å². The zero-order chi connectivity index (χ0) is 14.2. The van der Waals surface area contributed by atoms with Crippen molar-refractivity contribution in [1.82, 2.24) is 0 Å². The first kappa shape index (κ1) is 15.2. The highest BCUT2D eigenvalue weighted by Crippen LogP contribution is 2.42. The zero-order valence-corrected chi connectivity index (χ0v) is 13.8. The van der Waals surface area contributed by atoms with Crippen LogP contribution in [0.1, 0.15) is 49.9 Å². The van der Waals surface area contributed by atoms with Crippen LogP contribution >= 0.6 is 15.9 Å². The Bertz CT molecular complexity index is 496. The first-order valence-electron chi connectivity index (χ1n) is 6.05. The Morgan fingerprint density at radius 3 is 1.94 bits per heavy atom. The minimum Gasteiger partial charge on any atom is -0.426 e. The lowest BCUT2D eigenvalue weighted by molar-refractivity contribution is -0.132. The van der Waals surface area contributed by atoms with E-state index < -0.39 is 0 Å². The summed E-state index contributed by atoms with van der Waals surface area (Å²) >= 11 is 3.58. The van der Waals surface area contributed by atoms with Crippen LogP contribution in [-0.4, -0.2) is 5.97 Å². The summed E-state index contributed by atoms with van der Waals surface area (Å²) in [6.07, 6.45) is 0. The van der Waals surface area contributed by atoms with E-state index >= 15 is 0 Å². The molecule has 100 valence electrons. The predicted molar refractivity (Wildman–Crippen MR) is 78.4 cm³/mol. The summed E-state index contributed by atoms with van der Waals surface area (Å²) in [6, 6.07) is 0. The monoisotopic (exact) mass is 312 g/mol. The smallest absolute Gasteiger partial charge is 0.308 e. The van der Waals surface area contributed by atoms with Gasteiger partial charge >= 0.3 is 5.97 Å². The van der Waals surface area contributed by atoms with Crippen LogP contribution in [0.25, 0.3) is 0 Å². The van der Waals surface area contributed by atoms with Gasteiger partial charge in [-0.3, -0.25) is 4.79 Å². The second kappa shape index (κ2) is 5.04. The Hall–Kier alpha value is -0.830. The van der Waals surface area contributed by atoms with Crippen LogP contribution in [0.4, 0.5) is 0 Å². The van der Waals surface area contributed by atoms with E-state index in [1.165, 1.54) is 18.1 Å². The molecule has 2 nitrogen and oxygen atoms in total. The summed E-state index contributed by atoms with van der Waals surface area (Å²) in [5.41, 5.74) is 4.41. The lowest BCUT2D eigenvalue weighted by Gasteiger charge is -2.28. The van der Waals surface area contributed by atoms with Gasteiger partial charge in [0.15, 0.2) is 0 Å². The Kier molecular flexibility index (Phi) is 4.26. The van der Waals surface area contributed by atoms with E-state index in [2.05, 4.69) is 50.5 Å². The third-order valence-electron chi connectivity index (χ3n) is 3.16. The number of rotatable bonds is 1. The van der Waals surface area contributed by atoms with Crippen LogP contribution in [0.3, 0.4) is 0 Å². The first-order valence-corrected chi connectivity index (χ1v) is 6.84. The molecule has 0 bridgehead atoms. The molecular weight excluding hydrogens is 292 g/mol. The van der Waals surface area contributed by atoms with Gasteiger partial charge in [0, 0.05) is 22.5 Å². The fraction of sp³-hybridized carbons (Fsp3) is 0.533. The summed E-state index contributed by atoms with van der Waals surface area (Å²) < 4.78 is 6.47. The number of ether oxygens (including phenoxy) is 1. The summed E-state index contributed by atoms with van der Waals surface area (Å²) in [7, 11) is 0. The molecule has 0 N–H and O–H groups in total. The van der Waals surface area contributed by atoms with Gasteiger partial charge in [-0.05, 0) is 37.3 Å². The minimum absolute atomic E-state index is 0.0644. The van der Waals surface area contributed by atoms with Gasteiger partial charge in [0.25, 0.3) is 0 Å². The van der Waals surface area contributed by atoms with Crippen LogP contribution in [0.5, 0.6) is 5.75 Å². The maximum atomic E-state index is 11.3. The number of hydrogen-bond donors (Lipinski definition) is 0. The largest absolute Gasteiger partial charge is 0.426 e. The molecule has 0 fully saturated rings. The van der Waals surface area contributed by atoms with Crippen molar-refractivity contribution in [2.24, 2.45) is 0 Å². The second-order valence-electron chi connectivity index (χ2n) is 5.74. The van der Waals surface area contributed by atoms with Crippen molar-refractivity contribution in [2.45, 2.75) is 53.9 Å². The van der Waals surface area contributed by atoms with Crippen molar-refractivity contribution in [3.05, 3.63) is 26.7 Å². The van der Waals surface area contributed by atoms with Gasteiger partial charge in [-0.15, -0.1) is 0 Å². The highest BCUT2D eigenvalue weighted by atomic mass is 79.9. The molecule has 0 radical (unpaired) electrons. The number of carbonyl (C=O) groups excluding carboxylic acids is 1. The molecule has 1 aromatic rings. The molecule has 0 aliphatic heterocycles. The molecule has 0 aliphatic rings. The van der Waals surface area contributed by atoms with E-state index in [0.717, 1.165) is 15.6 Å². The van der Waals surface area contributed by atoms with Crippen molar-refractivity contribution in [1.29, 1.82) is 0 Å². The third kappa shape index (κ3) is 2.77. The summed E-state index contributed by atoms with van der Waals surface area (Å²) in [5.74, 6) is 0.420. The van der Waals surface area contributed by atoms with Gasteiger partial charge in [-0.2, -0.15) is 0 Å². The molecule has 0 saturated heterocycles. The number of carbonyl (C=O) groups is 1. The van der Waals surface area contributed by atoms with E-state index in [1.807, 2.05) is 6.92 Å². The van der Waals surface area contributed by atoms with E-state index in [1.54, 1.807) is 0 Å². The fourth-order valence-electron chi connectivity index (χ4n) is 2.27. The molecule has 0 spiro atoms. The summed E-state index contributed by atoms with van der Waals surface area (Å²) in [4.78, 5) is 11.3. The lowest BCUT2D eigenvalue weighted by Crippen LogP contribution is -2.19. The van der Waals surface area contributed by atoms with Gasteiger partial charge in [-0.1, -0.05) is 36.7 Å². The van der Waals surface area contributed by atoms with Crippen molar-refractivity contribution in [2.75, 3.05) is 0 Å². The first-order chi connectivity index (χ1) is 8.07. The molecule has 0 saturated carbocycles. The van der Waals surface area contributed by atoms with Gasteiger partial charge in [0.2, 0.25) is 0 Å². The molecule has 0 aromatic heterocycles. The quantitative estimate of drug-likeness (QED) is 0.559. The van der Waals surface area contributed by atoms with Gasteiger partial charge < -0.3 is 4.74 Å². The van der Waals surface area contributed by atoms with E-state index in [9.17, 15) is 4.79 Å². The average Bonchev–Trinajstić information content (AvgIpc) is 2.20. The van der Waals surface area contributed by atoms with Gasteiger partial charge in [-0.25, -0.2) is 0 Å². The van der Waals surface area contributed by atoms with E-state index in [4.69, 9.17) is 4.74 Å². The molecule has 1 aromatic carbocycles. The Morgan fingerprint density at radius 2 is 1.56 bits per heavy atom. The number of hydrogen-bond acceptors (Lipinski definition) is 2. The molecule has 0 amide bonds. The highest BCUT2D eigenvalue weighted by Gasteiger charge is 2.26. The zero-order valence-electron chi connectivity index (χ0n) is 12.2.